The van der Waals surface area contributed by atoms with Crippen molar-refractivity contribution in [1.29, 1.82) is 0 Å². The van der Waals surface area contributed by atoms with Crippen molar-refractivity contribution >= 4 is 5.97 Å². The van der Waals surface area contributed by atoms with E-state index in [1.165, 1.54) is 0 Å². The number of nitrogens with two attached hydrogens (primary N) is 1. The number of pyridine rings is 1. The van der Waals surface area contributed by atoms with Crippen molar-refractivity contribution in [3.8, 4) is 16.9 Å². The van der Waals surface area contributed by atoms with Gasteiger partial charge in [0.05, 0.1) is 5.69 Å². The number of carbonyl (C=O) groups excluding carboxylic acids is 1. The maximum Gasteiger partial charge on any atom is 0.519 e. The van der Waals surface area contributed by atoms with Gasteiger partial charge in [-0.2, -0.15) is 0 Å². The summed E-state index contributed by atoms with van der Waals surface area (Å²) in [5.74, 6) is -1.45. The number of esters is 1. The summed E-state index contributed by atoms with van der Waals surface area (Å²) in [7, 11) is 0. The van der Waals surface area contributed by atoms with Crippen LogP contribution in [0.25, 0.3) is 11.1 Å². The summed E-state index contributed by atoms with van der Waals surface area (Å²) in [6.07, 6.45) is 1.30. The fourth-order valence-electron chi connectivity index (χ4n) is 4.00. The zero-order valence-corrected chi connectivity index (χ0v) is 21.1. The van der Waals surface area contributed by atoms with Gasteiger partial charge in [0, 0.05) is 17.8 Å². The van der Waals surface area contributed by atoms with Gasteiger partial charge in [-0.15, -0.1) is 0 Å². The molecule has 182 valence electrons. The van der Waals surface area contributed by atoms with E-state index < -0.39 is 17.7 Å². The van der Waals surface area contributed by atoms with Crippen LogP contribution in [0.3, 0.4) is 0 Å². The van der Waals surface area contributed by atoms with Crippen LogP contribution in [0.5, 0.6) is 5.75 Å². The van der Waals surface area contributed by atoms with E-state index in [-0.39, 0.29) is 23.5 Å². The van der Waals surface area contributed by atoms with Gasteiger partial charge >= 0.3 is 11.8 Å². The second-order valence-corrected chi connectivity index (χ2v) is 9.87. The van der Waals surface area contributed by atoms with Crippen molar-refractivity contribution in [2.75, 3.05) is 0 Å². The third-order valence-corrected chi connectivity index (χ3v) is 5.71. The Balaban J connectivity index is 2.19. The van der Waals surface area contributed by atoms with Gasteiger partial charge in [-0.3, -0.25) is 9.78 Å². The van der Waals surface area contributed by atoms with Crippen LogP contribution in [-0.4, -0.2) is 11.0 Å². The molecule has 2 N–H and O–H groups in total. The van der Waals surface area contributed by atoms with Crippen molar-refractivity contribution in [2.24, 2.45) is 11.1 Å². The molecule has 0 aliphatic rings. The monoisotopic (exact) mass is 466 g/mol. The lowest BCUT2D eigenvalue weighted by atomic mass is 9.86. The van der Waals surface area contributed by atoms with E-state index in [9.17, 15) is 9.59 Å². The van der Waals surface area contributed by atoms with Crippen molar-refractivity contribution in [3.05, 3.63) is 68.9 Å². The molecule has 2 heterocycles. The van der Waals surface area contributed by atoms with E-state index in [4.69, 9.17) is 24.3 Å². The summed E-state index contributed by atoms with van der Waals surface area (Å²) in [4.78, 5) is 29.6. The lowest BCUT2D eigenvalue weighted by molar-refractivity contribution is -0.136. The molecule has 0 saturated heterocycles. The minimum Gasteiger partial charge on any atom is -0.423 e. The zero-order chi connectivity index (χ0) is 25.2. The minimum absolute atomic E-state index is 0.00443. The van der Waals surface area contributed by atoms with Crippen molar-refractivity contribution in [1.82, 2.24) is 4.98 Å². The summed E-state index contributed by atoms with van der Waals surface area (Å²) in [6, 6.07) is 8.04. The maximum absolute atomic E-state index is 13.2. The van der Waals surface area contributed by atoms with Crippen LogP contribution in [0.15, 0.2) is 37.9 Å². The van der Waals surface area contributed by atoms with Crippen LogP contribution in [0.4, 0.5) is 0 Å². The molecule has 34 heavy (non-hydrogen) atoms. The number of benzene rings is 1. The molecule has 0 fully saturated rings. The predicted octanol–water partition coefficient (Wildman–Crippen LogP) is 5.23. The lowest BCUT2D eigenvalue weighted by Crippen LogP contribution is -2.21. The third-order valence-electron chi connectivity index (χ3n) is 5.71. The zero-order valence-electron chi connectivity index (χ0n) is 21.1. The molecule has 0 bridgehead atoms. The molecule has 0 amide bonds. The molecule has 2 aromatic heterocycles. The number of nitrogens with zero attached hydrogens (tertiary/aromatic N) is 1. The minimum atomic E-state index is -0.847. The first-order valence-corrected chi connectivity index (χ1v) is 11.6. The second kappa shape index (κ2) is 9.97. The number of carbonyl (C=O) groups is 1. The smallest absolute Gasteiger partial charge is 0.423 e. The van der Waals surface area contributed by atoms with Gasteiger partial charge in [0.2, 0.25) is 0 Å². The Morgan fingerprint density at radius 3 is 2.26 bits per heavy atom. The number of aryl methyl sites for hydroxylation is 3. The van der Waals surface area contributed by atoms with Crippen LogP contribution in [0.2, 0.25) is 0 Å². The normalized spacial score (nSPS) is 12.6. The predicted molar refractivity (Wildman–Crippen MR) is 131 cm³/mol. The molecular weight excluding hydrogens is 432 g/mol. The summed E-state index contributed by atoms with van der Waals surface area (Å²) < 4.78 is 16.0. The Hall–Kier alpha value is -3.19. The Kier molecular flexibility index (Phi) is 7.46. The molecule has 0 radical (unpaired) electrons. The van der Waals surface area contributed by atoms with E-state index >= 15 is 0 Å². The summed E-state index contributed by atoms with van der Waals surface area (Å²) in [6.45, 7) is 13.9. The number of rotatable bonds is 7. The largest absolute Gasteiger partial charge is 0.519 e. The summed E-state index contributed by atoms with van der Waals surface area (Å²) in [5.41, 5.74) is 11.5. The first kappa shape index (κ1) is 25.4. The highest BCUT2D eigenvalue weighted by Crippen LogP contribution is 2.40. The van der Waals surface area contributed by atoms with E-state index in [0.29, 0.717) is 17.9 Å². The van der Waals surface area contributed by atoms with Gasteiger partial charge in [0.1, 0.15) is 11.7 Å². The first-order valence-electron chi connectivity index (χ1n) is 11.6. The van der Waals surface area contributed by atoms with Gasteiger partial charge < -0.3 is 19.3 Å². The number of hydrogen-bond acceptors (Lipinski definition) is 7. The van der Waals surface area contributed by atoms with E-state index in [2.05, 4.69) is 20.8 Å². The second-order valence-electron chi connectivity index (χ2n) is 9.87. The molecule has 0 saturated carbocycles. The molecule has 0 spiro atoms. The molecule has 3 aromatic rings. The van der Waals surface area contributed by atoms with Gasteiger partial charge in [0.25, 0.3) is 0 Å². The number of aromatic nitrogens is 1. The fraction of sp³-hybridized carbons (Fsp3) is 0.444. The highest BCUT2D eigenvalue weighted by atomic mass is 16.6. The fourth-order valence-corrected chi connectivity index (χ4v) is 4.00. The number of ether oxygens (including phenoxy) is 1. The van der Waals surface area contributed by atoms with E-state index in [1.54, 1.807) is 13.8 Å². The number of hydrogen-bond donors (Lipinski definition) is 1. The Labute approximate surface area is 200 Å². The Morgan fingerprint density at radius 2 is 1.76 bits per heavy atom. The van der Waals surface area contributed by atoms with Gasteiger partial charge in [0.15, 0.2) is 11.5 Å². The van der Waals surface area contributed by atoms with Crippen molar-refractivity contribution < 1.29 is 18.4 Å². The van der Waals surface area contributed by atoms with E-state index in [1.807, 2.05) is 38.1 Å². The van der Waals surface area contributed by atoms with Crippen molar-refractivity contribution in [3.63, 3.8) is 0 Å². The first-order chi connectivity index (χ1) is 15.9. The van der Waals surface area contributed by atoms with Crippen LogP contribution in [0.1, 0.15) is 74.6 Å². The SMILES string of the molecule is CCc1nc(CC(C)(C)C)c(CN)c(-c2ccc(C)cc2)c1OC(=O)C(C)c1oc(=O)oc1C. The van der Waals surface area contributed by atoms with Crippen LogP contribution in [0, 0.1) is 19.3 Å². The van der Waals surface area contributed by atoms with Crippen LogP contribution >= 0.6 is 0 Å². The quantitative estimate of drug-likeness (QED) is 0.475. The van der Waals surface area contributed by atoms with Gasteiger partial charge in [-0.1, -0.05) is 57.5 Å². The third kappa shape index (κ3) is 5.47. The average molecular weight is 467 g/mol. The highest BCUT2D eigenvalue weighted by molar-refractivity contribution is 5.84. The molecule has 0 aliphatic carbocycles. The lowest BCUT2D eigenvalue weighted by Gasteiger charge is -2.25. The average Bonchev–Trinajstić information content (AvgIpc) is 3.10. The molecule has 0 aliphatic heterocycles. The molecule has 1 unspecified atom stereocenters. The van der Waals surface area contributed by atoms with Crippen LogP contribution in [-0.2, 0) is 24.2 Å². The molecular formula is C27H34N2O5. The molecule has 1 aromatic carbocycles. The molecule has 3 rings (SSSR count). The molecule has 7 nitrogen and oxygen atoms in total. The topological polar surface area (TPSA) is 109 Å². The highest BCUT2D eigenvalue weighted by Gasteiger charge is 2.29. The standard InChI is InChI=1S/C27H34N2O5/c1-8-20-24(33-25(30)16(3)23-17(4)32-26(31)34-23)22(18-11-9-15(2)10-12-18)19(14-28)21(29-20)13-27(5,6)7/h9-12,16H,8,13-14,28H2,1-7H3. The molecule has 7 heteroatoms. The molecule has 1 atom stereocenters. The van der Waals surface area contributed by atoms with Gasteiger partial charge in [-0.25, -0.2) is 4.79 Å². The summed E-state index contributed by atoms with van der Waals surface area (Å²) >= 11 is 0. The Bertz CT molecular complexity index is 1230. The maximum atomic E-state index is 13.2. The van der Waals surface area contributed by atoms with Gasteiger partial charge in [-0.05, 0) is 50.2 Å². The Morgan fingerprint density at radius 1 is 1.12 bits per heavy atom. The van der Waals surface area contributed by atoms with Crippen molar-refractivity contribution in [2.45, 2.75) is 73.8 Å². The van der Waals surface area contributed by atoms with E-state index in [0.717, 1.165) is 34.4 Å². The van der Waals surface area contributed by atoms with Crippen LogP contribution < -0.4 is 16.3 Å². The summed E-state index contributed by atoms with van der Waals surface area (Å²) in [5, 5.41) is 0.